The molecule has 0 bridgehead atoms. The van der Waals surface area contributed by atoms with E-state index in [1.807, 2.05) is 18.2 Å². The largest absolute Gasteiger partial charge is 0.393 e. The number of aliphatic hydroxyl groups is 1. The summed E-state index contributed by atoms with van der Waals surface area (Å²) in [6, 6.07) is 10.7. The minimum atomic E-state index is -0.165. The molecule has 0 saturated carbocycles. The van der Waals surface area contributed by atoms with Gasteiger partial charge in [0.05, 0.1) is 6.10 Å². The van der Waals surface area contributed by atoms with E-state index in [9.17, 15) is 5.11 Å². The van der Waals surface area contributed by atoms with E-state index in [0.717, 1.165) is 13.0 Å². The third-order valence-electron chi connectivity index (χ3n) is 3.02. The molecule has 1 heterocycles. The molecule has 2 nitrogen and oxygen atoms in total. The molecular weight excluding hydrogens is 174 g/mol. The highest BCUT2D eigenvalue weighted by Gasteiger charge is 2.25. The van der Waals surface area contributed by atoms with E-state index in [0.29, 0.717) is 12.0 Å². The summed E-state index contributed by atoms with van der Waals surface area (Å²) in [5.74, 6) is 0.370. The summed E-state index contributed by atoms with van der Waals surface area (Å²) < 4.78 is 0. The lowest BCUT2D eigenvalue weighted by atomic mass is 9.89. The van der Waals surface area contributed by atoms with Gasteiger partial charge in [0.15, 0.2) is 0 Å². The smallest absolute Gasteiger partial charge is 0.0596 e. The second-order valence-electron chi connectivity index (χ2n) is 4.15. The Labute approximate surface area is 85.0 Å². The Morgan fingerprint density at radius 3 is 2.64 bits per heavy atom. The molecule has 0 aliphatic carbocycles. The second kappa shape index (κ2) is 4.11. The summed E-state index contributed by atoms with van der Waals surface area (Å²) >= 11 is 0. The minimum Gasteiger partial charge on any atom is -0.393 e. The molecule has 0 spiro atoms. The van der Waals surface area contributed by atoms with Crippen LogP contribution in [0.2, 0.25) is 0 Å². The summed E-state index contributed by atoms with van der Waals surface area (Å²) in [4.78, 5) is 0. The molecule has 2 N–H and O–H groups in total. The monoisotopic (exact) mass is 191 g/mol. The molecule has 1 aliphatic heterocycles. The maximum absolute atomic E-state index is 9.77. The topological polar surface area (TPSA) is 32.3 Å². The first-order valence-corrected chi connectivity index (χ1v) is 5.24. The highest BCUT2D eigenvalue weighted by molar-refractivity contribution is 5.19. The quantitative estimate of drug-likeness (QED) is 0.708. The van der Waals surface area contributed by atoms with Crippen LogP contribution in [-0.4, -0.2) is 17.8 Å². The van der Waals surface area contributed by atoms with Gasteiger partial charge < -0.3 is 10.4 Å². The lowest BCUT2D eigenvalue weighted by molar-refractivity contribution is 0.0689. The molecule has 1 saturated heterocycles. The van der Waals surface area contributed by atoms with Gasteiger partial charge in [0.25, 0.3) is 0 Å². The first kappa shape index (κ1) is 9.69. The molecule has 1 unspecified atom stereocenters. The van der Waals surface area contributed by atoms with Gasteiger partial charge >= 0.3 is 0 Å². The van der Waals surface area contributed by atoms with Crippen molar-refractivity contribution >= 4 is 0 Å². The highest BCUT2D eigenvalue weighted by Crippen LogP contribution is 2.25. The number of rotatable bonds is 1. The predicted molar refractivity (Wildman–Crippen MR) is 57.0 cm³/mol. The molecule has 1 fully saturated rings. The molecule has 3 atom stereocenters. The standard InChI is InChI=1S/C12H17NO/c1-9-8-13-11(7-12(9)14)10-5-3-2-4-6-10/h2-6,9,11-14H,7-8H2,1H3/t9-,11-,12?/m0/s1. The van der Waals surface area contributed by atoms with E-state index in [2.05, 4.69) is 24.4 Å². The van der Waals surface area contributed by atoms with Gasteiger partial charge in [0.1, 0.15) is 0 Å². The Hall–Kier alpha value is -0.860. The average molecular weight is 191 g/mol. The number of aliphatic hydroxyl groups excluding tert-OH is 1. The first-order valence-electron chi connectivity index (χ1n) is 5.24. The lowest BCUT2D eigenvalue weighted by Crippen LogP contribution is -2.40. The van der Waals surface area contributed by atoms with Crippen LogP contribution in [0.3, 0.4) is 0 Å². The van der Waals surface area contributed by atoms with Crippen molar-refractivity contribution in [2.45, 2.75) is 25.5 Å². The maximum Gasteiger partial charge on any atom is 0.0596 e. The fraction of sp³-hybridized carbons (Fsp3) is 0.500. The molecule has 1 aromatic rings. The summed E-state index contributed by atoms with van der Waals surface area (Å²) in [5, 5.41) is 13.2. The third-order valence-corrected chi connectivity index (χ3v) is 3.02. The molecule has 0 aromatic heterocycles. The van der Waals surface area contributed by atoms with Gasteiger partial charge in [-0.15, -0.1) is 0 Å². The maximum atomic E-state index is 9.77. The normalized spacial score (nSPS) is 32.9. The van der Waals surface area contributed by atoms with Gasteiger partial charge in [-0.25, -0.2) is 0 Å². The van der Waals surface area contributed by atoms with E-state index in [4.69, 9.17) is 0 Å². The Bertz CT molecular complexity index is 286. The molecule has 1 aromatic carbocycles. The second-order valence-corrected chi connectivity index (χ2v) is 4.15. The van der Waals surface area contributed by atoms with Crippen LogP contribution < -0.4 is 5.32 Å². The number of nitrogens with one attached hydrogen (secondary N) is 1. The molecule has 0 radical (unpaired) electrons. The van der Waals surface area contributed by atoms with E-state index < -0.39 is 0 Å². The van der Waals surface area contributed by atoms with E-state index in [1.54, 1.807) is 0 Å². The van der Waals surface area contributed by atoms with Crippen LogP contribution in [-0.2, 0) is 0 Å². The Kier molecular flexibility index (Phi) is 2.85. The van der Waals surface area contributed by atoms with Crippen molar-refractivity contribution in [3.63, 3.8) is 0 Å². The van der Waals surface area contributed by atoms with Crippen LogP contribution in [0.25, 0.3) is 0 Å². The molecule has 14 heavy (non-hydrogen) atoms. The Morgan fingerprint density at radius 1 is 1.29 bits per heavy atom. The van der Waals surface area contributed by atoms with Crippen molar-refractivity contribution in [1.29, 1.82) is 0 Å². The number of benzene rings is 1. The first-order chi connectivity index (χ1) is 6.77. The van der Waals surface area contributed by atoms with Crippen LogP contribution >= 0.6 is 0 Å². The van der Waals surface area contributed by atoms with E-state index in [1.165, 1.54) is 5.56 Å². The van der Waals surface area contributed by atoms with Crippen LogP contribution in [0.5, 0.6) is 0 Å². The van der Waals surface area contributed by atoms with Crippen LogP contribution in [0, 0.1) is 5.92 Å². The zero-order chi connectivity index (χ0) is 9.97. The molecule has 1 aliphatic rings. The van der Waals surface area contributed by atoms with Crippen molar-refractivity contribution < 1.29 is 5.11 Å². The zero-order valence-electron chi connectivity index (χ0n) is 8.48. The van der Waals surface area contributed by atoms with E-state index in [-0.39, 0.29) is 6.10 Å². The summed E-state index contributed by atoms with van der Waals surface area (Å²) in [6.45, 7) is 2.99. The zero-order valence-corrected chi connectivity index (χ0v) is 8.48. The van der Waals surface area contributed by atoms with Gasteiger partial charge in [-0.3, -0.25) is 0 Å². The minimum absolute atomic E-state index is 0.165. The number of piperidine rings is 1. The van der Waals surface area contributed by atoms with Gasteiger partial charge in [0.2, 0.25) is 0 Å². The third kappa shape index (κ3) is 1.97. The predicted octanol–water partition coefficient (Wildman–Crippen LogP) is 1.72. The SMILES string of the molecule is C[C@H]1CN[C@H](c2ccccc2)CC1O. The van der Waals surface area contributed by atoms with Crippen LogP contribution in [0.15, 0.2) is 30.3 Å². The van der Waals surface area contributed by atoms with E-state index >= 15 is 0 Å². The van der Waals surface area contributed by atoms with Crippen LogP contribution in [0.1, 0.15) is 24.9 Å². The van der Waals surface area contributed by atoms with Gasteiger partial charge in [-0.1, -0.05) is 37.3 Å². The number of hydrogen-bond acceptors (Lipinski definition) is 2. The van der Waals surface area contributed by atoms with Crippen molar-refractivity contribution in [2.24, 2.45) is 5.92 Å². The average Bonchev–Trinajstić information content (AvgIpc) is 2.23. The molecule has 76 valence electrons. The van der Waals surface area contributed by atoms with Crippen LogP contribution in [0.4, 0.5) is 0 Å². The number of hydrogen-bond donors (Lipinski definition) is 2. The van der Waals surface area contributed by atoms with Gasteiger partial charge in [-0.2, -0.15) is 0 Å². The highest BCUT2D eigenvalue weighted by atomic mass is 16.3. The Morgan fingerprint density at radius 2 is 2.00 bits per heavy atom. The van der Waals surface area contributed by atoms with Crippen molar-refractivity contribution in [3.05, 3.63) is 35.9 Å². The summed E-state index contributed by atoms with van der Waals surface area (Å²) in [5.41, 5.74) is 1.28. The fourth-order valence-corrected chi connectivity index (χ4v) is 1.96. The summed E-state index contributed by atoms with van der Waals surface area (Å²) in [6.07, 6.45) is 0.659. The Balaban J connectivity index is 2.07. The molecular formula is C12H17NO. The molecule has 2 rings (SSSR count). The fourth-order valence-electron chi connectivity index (χ4n) is 1.96. The van der Waals surface area contributed by atoms with Crippen molar-refractivity contribution in [1.82, 2.24) is 5.32 Å². The van der Waals surface area contributed by atoms with Gasteiger partial charge in [0, 0.05) is 12.6 Å². The lowest BCUT2D eigenvalue weighted by Gasteiger charge is -2.32. The molecule has 2 heteroatoms. The van der Waals surface area contributed by atoms with Gasteiger partial charge in [-0.05, 0) is 17.9 Å². The summed E-state index contributed by atoms with van der Waals surface area (Å²) in [7, 11) is 0. The van der Waals surface area contributed by atoms with Crippen molar-refractivity contribution in [2.75, 3.05) is 6.54 Å². The van der Waals surface area contributed by atoms with Crippen molar-refractivity contribution in [3.8, 4) is 0 Å². The molecule has 0 amide bonds.